The quantitative estimate of drug-likeness (QED) is 0.462. The second-order valence-corrected chi connectivity index (χ2v) is 7.67. The fraction of sp³-hybridized carbons (Fsp3) is 0.550. The van der Waals surface area contributed by atoms with Gasteiger partial charge in [0, 0.05) is 18.8 Å². The Labute approximate surface area is 190 Å². The average molecular weight is 462 g/mol. The van der Waals surface area contributed by atoms with E-state index in [4.69, 9.17) is 11.5 Å². The zero-order valence-electron chi connectivity index (χ0n) is 17.4. The highest BCUT2D eigenvalue weighted by Crippen LogP contribution is 2.22. The maximum absolute atomic E-state index is 12.3. The molecule has 0 spiro atoms. The summed E-state index contributed by atoms with van der Waals surface area (Å²) in [6.07, 6.45) is 1.74. The van der Waals surface area contributed by atoms with Crippen LogP contribution in [0.3, 0.4) is 0 Å². The number of rotatable bonds is 8. The number of nitrogens with two attached hydrogens (primary N) is 2. The Kier molecular flexibility index (Phi) is 12.6. The van der Waals surface area contributed by atoms with Gasteiger partial charge in [0.15, 0.2) is 0 Å². The predicted molar refractivity (Wildman–Crippen MR) is 123 cm³/mol. The van der Waals surface area contributed by atoms with E-state index in [1.807, 2.05) is 38.1 Å². The zero-order chi connectivity index (χ0) is 20.7. The summed E-state index contributed by atoms with van der Waals surface area (Å²) in [7, 11) is 0. The molecule has 1 fully saturated rings. The van der Waals surface area contributed by atoms with Gasteiger partial charge in [0.2, 0.25) is 17.7 Å². The molecule has 1 aliphatic rings. The molecule has 0 saturated carbocycles. The highest BCUT2D eigenvalue weighted by molar-refractivity contribution is 5.95. The van der Waals surface area contributed by atoms with Crippen molar-refractivity contribution < 1.29 is 14.4 Å². The van der Waals surface area contributed by atoms with Crippen molar-refractivity contribution >= 4 is 48.2 Å². The van der Waals surface area contributed by atoms with Crippen LogP contribution < -0.4 is 22.1 Å². The van der Waals surface area contributed by atoms with Gasteiger partial charge in [0.05, 0.1) is 18.5 Å². The van der Waals surface area contributed by atoms with Crippen molar-refractivity contribution in [3.63, 3.8) is 0 Å². The van der Waals surface area contributed by atoms with Crippen molar-refractivity contribution in [3.8, 4) is 0 Å². The van der Waals surface area contributed by atoms with E-state index in [0.717, 1.165) is 24.9 Å². The molecule has 3 amide bonds. The molecule has 1 aromatic rings. The molecular formula is C20H33Cl2N5O3. The number of carbonyl (C=O) groups is 3. The minimum absolute atomic E-state index is 0. The summed E-state index contributed by atoms with van der Waals surface area (Å²) in [6.45, 7) is 5.69. The molecule has 6 N–H and O–H groups in total. The van der Waals surface area contributed by atoms with Gasteiger partial charge in [-0.25, -0.2) is 0 Å². The van der Waals surface area contributed by atoms with Gasteiger partial charge in [-0.1, -0.05) is 32.0 Å². The Bertz CT molecular complexity index is 717. The number of nitrogens with one attached hydrogen (secondary N) is 2. The van der Waals surface area contributed by atoms with Gasteiger partial charge in [0.25, 0.3) is 0 Å². The number of likely N-dealkylation sites (tertiary alicyclic amines) is 1. The number of hydrogen-bond acceptors (Lipinski definition) is 5. The molecule has 0 aliphatic carbocycles. The standard InChI is InChI=1S/C20H31N5O3.2ClH/c1-13(2)18(21)20(28)23-10-17(26)24-16-8-4-3-6-14(16)11-25-9-5-7-15(12-25)19(22)27;;/h3-4,6,8,13,15,18H,5,7,9-12,21H2,1-2H3,(H2,22,27)(H,23,28)(H,24,26);2*1H/t15?,18-;;/m0../s1. The van der Waals surface area contributed by atoms with Gasteiger partial charge >= 0.3 is 0 Å². The first-order valence-corrected chi connectivity index (χ1v) is 9.70. The van der Waals surface area contributed by atoms with Crippen LogP contribution in [-0.2, 0) is 20.9 Å². The van der Waals surface area contributed by atoms with E-state index in [1.54, 1.807) is 0 Å². The van der Waals surface area contributed by atoms with E-state index in [2.05, 4.69) is 15.5 Å². The zero-order valence-corrected chi connectivity index (χ0v) is 19.1. The molecular weight excluding hydrogens is 429 g/mol. The van der Waals surface area contributed by atoms with Crippen molar-refractivity contribution in [1.29, 1.82) is 0 Å². The molecule has 2 atom stereocenters. The molecule has 1 saturated heterocycles. The maximum atomic E-state index is 12.3. The summed E-state index contributed by atoms with van der Waals surface area (Å²) in [6, 6.07) is 6.87. The van der Waals surface area contributed by atoms with Crippen molar-refractivity contribution in [2.45, 2.75) is 39.3 Å². The van der Waals surface area contributed by atoms with Gasteiger partial charge in [-0.15, -0.1) is 24.8 Å². The van der Waals surface area contributed by atoms with E-state index in [-0.39, 0.29) is 60.9 Å². The fourth-order valence-electron chi connectivity index (χ4n) is 3.23. The number of para-hydroxylation sites is 1. The SMILES string of the molecule is CC(C)[C@H](N)C(=O)NCC(=O)Nc1ccccc1CN1CCCC(C(N)=O)C1.Cl.Cl. The Morgan fingerprint density at radius 3 is 2.50 bits per heavy atom. The molecule has 170 valence electrons. The van der Waals surface area contributed by atoms with Crippen LogP contribution in [0.15, 0.2) is 24.3 Å². The average Bonchev–Trinajstić information content (AvgIpc) is 2.67. The molecule has 1 heterocycles. The molecule has 8 nitrogen and oxygen atoms in total. The lowest BCUT2D eigenvalue weighted by Crippen LogP contribution is -2.46. The third kappa shape index (κ3) is 8.47. The third-order valence-electron chi connectivity index (χ3n) is 5.04. The largest absolute Gasteiger partial charge is 0.369 e. The number of carbonyl (C=O) groups excluding carboxylic acids is 3. The Balaban J connectivity index is 0.00000420. The highest BCUT2D eigenvalue weighted by Gasteiger charge is 2.24. The van der Waals surface area contributed by atoms with Crippen molar-refractivity contribution in [2.24, 2.45) is 23.3 Å². The van der Waals surface area contributed by atoms with E-state index >= 15 is 0 Å². The fourth-order valence-corrected chi connectivity index (χ4v) is 3.23. The summed E-state index contributed by atoms with van der Waals surface area (Å²) in [5.74, 6) is -1.05. The minimum Gasteiger partial charge on any atom is -0.369 e. The van der Waals surface area contributed by atoms with E-state index in [0.29, 0.717) is 18.8 Å². The van der Waals surface area contributed by atoms with Crippen molar-refractivity contribution in [3.05, 3.63) is 29.8 Å². The summed E-state index contributed by atoms with van der Waals surface area (Å²) < 4.78 is 0. The monoisotopic (exact) mass is 461 g/mol. The normalized spacial score (nSPS) is 17.3. The molecule has 30 heavy (non-hydrogen) atoms. The smallest absolute Gasteiger partial charge is 0.243 e. The summed E-state index contributed by atoms with van der Waals surface area (Å²) in [5.41, 5.74) is 12.9. The lowest BCUT2D eigenvalue weighted by atomic mass is 9.97. The lowest BCUT2D eigenvalue weighted by molar-refractivity contribution is -0.125. The van der Waals surface area contributed by atoms with Crippen LogP contribution in [0.2, 0.25) is 0 Å². The number of hydrogen-bond donors (Lipinski definition) is 4. The van der Waals surface area contributed by atoms with Crippen LogP contribution in [0.5, 0.6) is 0 Å². The first-order valence-electron chi connectivity index (χ1n) is 9.70. The Hall–Kier alpha value is -1.87. The molecule has 1 aliphatic heterocycles. The van der Waals surface area contributed by atoms with E-state index < -0.39 is 6.04 Å². The lowest BCUT2D eigenvalue weighted by Gasteiger charge is -2.31. The van der Waals surface area contributed by atoms with Crippen molar-refractivity contribution in [1.82, 2.24) is 10.2 Å². The first-order chi connectivity index (χ1) is 13.3. The highest BCUT2D eigenvalue weighted by atomic mass is 35.5. The Morgan fingerprint density at radius 2 is 1.87 bits per heavy atom. The first kappa shape index (κ1) is 28.1. The molecule has 1 aromatic carbocycles. The molecule has 0 aromatic heterocycles. The van der Waals surface area contributed by atoms with Crippen LogP contribution in [0.25, 0.3) is 0 Å². The Morgan fingerprint density at radius 1 is 1.20 bits per heavy atom. The number of amides is 3. The molecule has 0 radical (unpaired) electrons. The number of piperidine rings is 1. The van der Waals surface area contributed by atoms with Crippen LogP contribution in [-0.4, -0.2) is 48.3 Å². The molecule has 1 unspecified atom stereocenters. The van der Waals surface area contributed by atoms with Crippen LogP contribution in [0, 0.1) is 11.8 Å². The van der Waals surface area contributed by atoms with Crippen LogP contribution in [0.4, 0.5) is 5.69 Å². The maximum Gasteiger partial charge on any atom is 0.243 e. The van der Waals surface area contributed by atoms with Crippen LogP contribution >= 0.6 is 24.8 Å². The number of anilines is 1. The second kappa shape index (κ2) is 13.4. The number of nitrogens with zero attached hydrogens (tertiary/aromatic N) is 1. The topological polar surface area (TPSA) is 131 Å². The number of primary amides is 1. The number of halogens is 2. The molecule has 10 heteroatoms. The summed E-state index contributed by atoms with van der Waals surface area (Å²) in [5, 5.41) is 5.41. The third-order valence-corrected chi connectivity index (χ3v) is 5.04. The van der Waals surface area contributed by atoms with Gasteiger partial charge in [-0.3, -0.25) is 19.3 Å². The second-order valence-electron chi connectivity index (χ2n) is 7.67. The minimum atomic E-state index is -0.641. The number of benzene rings is 1. The van der Waals surface area contributed by atoms with Gasteiger partial charge in [0.1, 0.15) is 0 Å². The van der Waals surface area contributed by atoms with Crippen molar-refractivity contribution in [2.75, 3.05) is 25.0 Å². The van der Waals surface area contributed by atoms with E-state index in [9.17, 15) is 14.4 Å². The molecule has 0 bridgehead atoms. The van der Waals surface area contributed by atoms with Gasteiger partial charge in [-0.05, 0) is 36.9 Å². The van der Waals surface area contributed by atoms with Crippen LogP contribution in [0.1, 0.15) is 32.3 Å². The summed E-state index contributed by atoms with van der Waals surface area (Å²) >= 11 is 0. The summed E-state index contributed by atoms with van der Waals surface area (Å²) in [4.78, 5) is 37.8. The predicted octanol–water partition coefficient (Wildman–Crippen LogP) is 1.27. The molecule has 2 rings (SSSR count). The van der Waals surface area contributed by atoms with Gasteiger partial charge in [-0.2, -0.15) is 0 Å². The van der Waals surface area contributed by atoms with Gasteiger partial charge < -0.3 is 22.1 Å². The van der Waals surface area contributed by atoms with E-state index in [1.165, 1.54) is 0 Å².